The third-order valence-electron chi connectivity index (χ3n) is 9.69. The molecule has 0 aromatic heterocycles. The molecule has 4 N–H and O–H groups in total. The Morgan fingerprint density at radius 3 is 1.60 bits per heavy atom. The average molecular weight is 779 g/mol. The fourth-order valence-electron chi connectivity index (χ4n) is 6.20. The molecule has 1 aliphatic heterocycles. The molecular formula is C45H78O10. The molecule has 0 radical (unpaired) electrons. The zero-order valence-corrected chi connectivity index (χ0v) is 34.4. The third kappa shape index (κ3) is 27.8. The lowest BCUT2D eigenvalue weighted by Gasteiger charge is -2.39. The van der Waals surface area contributed by atoms with Crippen LogP contribution in [-0.2, 0) is 28.5 Å². The molecule has 1 saturated heterocycles. The lowest BCUT2D eigenvalue weighted by molar-refractivity contribution is -0.305. The van der Waals surface area contributed by atoms with Gasteiger partial charge in [0, 0.05) is 12.8 Å². The van der Waals surface area contributed by atoms with Crippen LogP contribution in [0.1, 0.15) is 168 Å². The number of esters is 2. The van der Waals surface area contributed by atoms with Crippen molar-refractivity contribution >= 4 is 11.9 Å². The van der Waals surface area contributed by atoms with Gasteiger partial charge in [-0.2, -0.15) is 0 Å². The minimum atomic E-state index is -1.61. The second-order valence-corrected chi connectivity index (χ2v) is 14.8. The van der Waals surface area contributed by atoms with Gasteiger partial charge in [0.05, 0.1) is 13.2 Å². The van der Waals surface area contributed by atoms with Gasteiger partial charge in [-0.3, -0.25) is 9.59 Å². The summed E-state index contributed by atoms with van der Waals surface area (Å²) in [5, 5.41) is 40.0. The molecule has 6 atom stereocenters. The average Bonchev–Trinajstić information content (AvgIpc) is 3.18. The first-order chi connectivity index (χ1) is 26.8. The summed E-state index contributed by atoms with van der Waals surface area (Å²) in [6.07, 6.45) is 34.1. The summed E-state index contributed by atoms with van der Waals surface area (Å²) < 4.78 is 22.0. The van der Waals surface area contributed by atoms with Crippen LogP contribution < -0.4 is 0 Å². The lowest BCUT2D eigenvalue weighted by atomic mass is 9.99. The standard InChI is InChI=1S/C45H78O10/c1-3-5-7-9-11-13-15-17-18-19-20-22-24-26-28-30-32-34-41(48)54-38(37-53-45-44(51)43(50)42(49)39(35-46)55-45)36-52-40(47)33-31-29-27-25-23-21-16-14-12-10-8-6-4-2/h17-18,20-23,26,28,38-39,42-46,49-51H,3-16,19,24-25,27,29-37H2,1-2H3/b18-17+,22-20+,23-21+,28-26+/t38-,39-,42+,43?,44?,45-/m1/s1. The second-order valence-electron chi connectivity index (χ2n) is 14.8. The topological polar surface area (TPSA) is 152 Å². The van der Waals surface area contributed by atoms with Crippen LogP contribution in [0.2, 0.25) is 0 Å². The molecule has 318 valence electrons. The van der Waals surface area contributed by atoms with E-state index in [4.69, 9.17) is 18.9 Å². The summed E-state index contributed by atoms with van der Waals surface area (Å²) in [7, 11) is 0. The minimum absolute atomic E-state index is 0.154. The van der Waals surface area contributed by atoms with Crippen LogP contribution in [0.3, 0.4) is 0 Å². The Balaban J connectivity index is 2.41. The normalized spacial score (nSPS) is 21.0. The van der Waals surface area contributed by atoms with Crippen molar-refractivity contribution in [2.24, 2.45) is 0 Å². The number of aliphatic hydroxyl groups is 4. The number of ether oxygens (including phenoxy) is 4. The molecule has 1 aliphatic rings. The van der Waals surface area contributed by atoms with Gasteiger partial charge in [-0.15, -0.1) is 0 Å². The molecule has 0 spiro atoms. The predicted octanol–water partition coefficient (Wildman–Crippen LogP) is 8.88. The van der Waals surface area contributed by atoms with Crippen LogP contribution in [0.15, 0.2) is 48.6 Å². The van der Waals surface area contributed by atoms with Crippen molar-refractivity contribution in [1.82, 2.24) is 0 Å². The number of aliphatic hydroxyl groups excluding tert-OH is 4. The Bertz CT molecular complexity index is 1040. The Labute approximate surface area is 333 Å². The largest absolute Gasteiger partial charge is 0.462 e. The number of unbranched alkanes of at least 4 members (excludes halogenated alkanes) is 16. The Morgan fingerprint density at radius 2 is 1.04 bits per heavy atom. The fourth-order valence-corrected chi connectivity index (χ4v) is 6.20. The Kier molecular flexibility index (Phi) is 33.2. The Morgan fingerprint density at radius 1 is 0.564 bits per heavy atom. The van der Waals surface area contributed by atoms with Crippen LogP contribution in [0.4, 0.5) is 0 Å². The number of carbonyl (C=O) groups excluding carboxylic acids is 2. The van der Waals surface area contributed by atoms with Crippen molar-refractivity contribution in [2.45, 2.75) is 205 Å². The van der Waals surface area contributed by atoms with Gasteiger partial charge >= 0.3 is 11.9 Å². The van der Waals surface area contributed by atoms with Crippen LogP contribution in [0.5, 0.6) is 0 Å². The maximum Gasteiger partial charge on any atom is 0.306 e. The number of rotatable bonds is 35. The number of allylic oxidation sites excluding steroid dienone is 8. The van der Waals surface area contributed by atoms with Gasteiger partial charge in [-0.05, 0) is 70.6 Å². The summed E-state index contributed by atoms with van der Waals surface area (Å²) in [5.74, 6) is -0.889. The first-order valence-corrected chi connectivity index (χ1v) is 21.7. The predicted molar refractivity (Wildman–Crippen MR) is 219 cm³/mol. The van der Waals surface area contributed by atoms with Crippen molar-refractivity contribution in [1.29, 1.82) is 0 Å². The molecule has 0 amide bonds. The van der Waals surface area contributed by atoms with Gasteiger partial charge < -0.3 is 39.4 Å². The number of hydrogen-bond acceptors (Lipinski definition) is 10. The summed E-state index contributed by atoms with van der Waals surface area (Å²) >= 11 is 0. The molecule has 1 rings (SSSR count). The minimum Gasteiger partial charge on any atom is -0.462 e. The van der Waals surface area contributed by atoms with E-state index in [9.17, 15) is 30.0 Å². The molecule has 10 heteroatoms. The van der Waals surface area contributed by atoms with Crippen LogP contribution in [0.25, 0.3) is 0 Å². The lowest BCUT2D eigenvalue weighted by Crippen LogP contribution is -2.59. The molecule has 0 aliphatic carbocycles. The smallest absolute Gasteiger partial charge is 0.306 e. The van der Waals surface area contributed by atoms with Gasteiger partial charge in [0.15, 0.2) is 12.4 Å². The van der Waals surface area contributed by atoms with E-state index < -0.39 is 55.4 Å². The molecule has 0 saturated carbocycles. The van der Waals surface area contributed by atoms with Crippen molar-refractivity contribution in [3.63, 3.8) is 0 Å². The highest BCUT2D eigenvalue weighted by atomic mass is 16.7. The second kappa shape index (κ2) is 36.0. The van der Waals surface area contributed by atoms with Gasteiger partial charge in [-0.25, -0.2) is 0 Å². The molecule has 2 unspecified atom stereocenters. The monoisotopic (exact) mass is 779 g/mol. The third-order valence-corrected chi connectivity index (χ3v) is 9.69. The molecule has 1 heterocycles. The van der Waals surface area contributed by atoms with Crippen LogP contribution in [0, 0.1) is 0 Å². The van der Waals surface area contributed by atoms with Crippen molar-refractivity contribution in [2.75, 3.05) is 19.8 Å². The van der Waals surface area contributed by atoms with Crippen molar-refractivity contribution < 1.29 is 49.0 Å². The molecule has 1 fully saturated rings. The van der Waals surface area contributed by atoms with E-state index >= 15 is 0 Å². The molecule has 10 nitrogen and oxygen atoms in total. The molecule has 0 aromatic carbocycles. The highest BCUT2D eigenvalue weighted by molar-refractivity contribution is 5.70. The van der Waals surface area contributed by atoms with Crippen molar-refractivity contribution in [3.05, 3.63) is 48.6 Å². The van der Waals surface area contributed by atoms with E-state index in [1.54, 1.807) is 0 Å². The highest BCUT2D eigenvalue weighted by Crippen LogP contribution is 2.22. The Hall–Kier alpha value is -2.34. The quantitative estimate of drug-likeness (QED) is 0.0279. The number of hydrogen-bond donors (Lipinski definition) is 4. The molecule has 55 heavy (non-hydrogen) atoms. The summed E-state index contributed by atoms with van der Waals surface area (Å²) in [6.45, 7) is 3.33. The van der Waals surface area contributed by atoms with Crippen molar-refractivity contribution in [3.8, 4) is 0 Å². The van der Waals surface area contributed by atoms with E-state index in [2.05, 4.69) is 56.4 Å². The first kappa shape index (κ1) is 50.7. The summed E-state index contributed by atoms with van der Waals surface area (Å²) in [5.41, 5.74) is 0. The van der Waals surface area contributed by atoms with Crippen LogP contribution in [-0.4, -0.2) is 89.0 Å². The highest BCUT2D eigenvalue weighted by Gasteiger charge is 2.44. The maximum absolute atomic E-state index is 12.7. The maximum atomic E-state index is 12.7. The molecule has 0 bridgehead atoms. The summed E-state index contributed by atoms with van der Waals surface area (Å²) in [4.78, 5) is 25.2. The molecule has 0 aromatic rings. The van der Waals surface area contributed by atoms with E-state index in [1.807, 2.05) is 6.08 Å². The SMILES string of the molecule is CCCCCCCC/C=C/C/C=C/C/C=C/CCCC(=O)O[C@H](COC(=O)CCCCC/C=C/CCCCCCCC)CO[C@@H]1O[C@H](CO)[C@H](O)C(O)C1O. The van der Waals surface area contributed by atoms with E-state index in [-0.39, 0.29) is 26.1 Å². The summed E-state index contributed by atoms with van der Waals surface area (Å²) in [6, 6.07) is 0. The zero-order chi connectivity index (χ0) is 40.2. The van der Waals surface area contributed by atoms with E-state index in [1.165, 1.54) is 77.0 Å². The first-order valence-electron chi connectivity index (χ1n) is 21.7. The fraction of sp³-hybridized carbons (Fsp3) is 0.778. The van der Waals surface area contributed by atoms with Gasteiger partial charge in [0.25, 0.3) is 0 Å². The van der Waals surface area contributed by atoms with Crippen LogP contribution >= 0.6 is 0 Å². The number of carbonyl (C=O) groups is 2. The van der Waals surface area contributed by atoms with Gasteiger partial charge in [-0.1, -0.05) is 133 Å². The van der Waals surface area contributed by atoms with Gasteiger partial charge in [0.2, 0.25) is 0 Å². The van der Waals surface area contributed by atoms with E-state index in [0.717, 1.165) is 44.9 Å². The van der Waals surface area contributed by atoms with E-state index in [0.29, 0.717) is 19.3 Å². The van der Waals surface area contributed by atoms with Gasteiger partial charge in [0.1, 0.15) is 31.0 Å². The zero-order valence-electron chi connectivity index (χ0n) is 34.4. The molecular weight excluding hydrogens is 700 g/mol.